The lowest BCUT2D eigenvalue weighted by atomic mass is 9.90. The van der Waals surface area contributed by atoms with E-state index in [0.29, 0.717) is 32.2 Å². The molecule has 2 aliphatic heterocycles. The number of ether oxygens (including phenoxy) is 1. The van der Waals surface area contributed by atoms with E-state index in [1.54, 1.807) is 6.07 Å². The van der Waals surface area contributed by atoms with Gasteiger partial charge in [0.1, 0.15) is 5.69 Å². The summed E-state index contributed by atoms with van der Waals surface area (Å²) in [7, 11) is 0. The van der Waals surface area contributed by atoms with Gasteiger partial charge in [0.15, 0.2) is 0 Å². The van der Waals surface area contributed by atoms with Crippen LogP contribution in [-0.2, 0) is 17.9 Å². The lowest BCUT2D eigenvalue weighted by Crippen LogP contribution is -2.55. The molecule has 4 rings (SSSR count). The van der Waals surface area contributed by atoms with Gasteiger partial charge in [-0.15, -0.1) is 0 Å². The van der Waals surface area contributed by atoms with Gasteiger partial charge < -0.3 is 20.7 Å². The van der Waals surface area contributed by atoms with Crippen molar-refractivity contribution in [2.24, 2.45) is 11.7 Å². The minimum atomic E-state index is -0.520. The number of aromatic nitrogens is 2. The second-order valence-electron chi connectivity index (χ2n) is 8.28. The molecule has 148 valence electrons. The van der Waals surface area contributed by atoms with E-state index < -0.39 is 5.91 Å². The van der Waals surface area contributed by atoms with Crippen LogP contribution in [0.5, 0.6) is 0 Å². The van der Waals surface area contributed by atoms with Crippen LogP contribution in [-0.4, -0.2) is 51.4 Å². The summed E-state index contributed by atoms with van der Waals surface area (Å²) in [4.78, 5) is 25.9. The molecule has 0 unspecified atom stereocenters. The summed E-state index contributed by atoms with van der Waals surface area (Å²) in [6.45, 7) is 4.48. The van der Waals surface area contributed by atoms with Crippen LogP contribution in [0.3, 0.4) is 0 Å². The van der Waals surface area contributed by atoms with Crippen LogP contribution < -0.4 is 11.1 Å². The Kier molecular flexibility index (Phi) is 4.84. The molecule has 1 aliphatic carbocycles. The minimum absolute atomic E-state index is 0.0378. The number of piperidine rings is 1. The van der Waals surface area contributed by atoms with Crippen molar-refractivity contribution in [3.63, 3.8) is 0 Å². The molecule has 3 amide bonds. The van der Waals surface area contributed by atoms with Crippen LogP contribution >= 0.6 is 0 Å². The van der Waals surface area contributed by atoms with Crippen molar-refractivity contribution < 1.29 is 14.3 Å². The van der Waals surface area contributed by atoms with Crippen molar-refractivity contribution in [1.29, 1.82) is 0 Å². The molecular formula is C19H29N5O3. The summed E-state index contributed by atoms with van der Waals surface area (Å²) >= 11 is 0. The molecule has 3 heterocycles. The number of carbonyl (C=O) groups excluding carboxylic acids is 2. The number of rotatable bonds is 3. The van der Waals surface area contributed by atoms with Crippen LogP contribution in [0.1, 0.15) is 61.6 Å². The Morgan fingerprint density at radius 2 is 2.04 bits per heavy atom. The largest absolute Gasteiger partial charge is 0.367 e. The number of primary amides is 1. The standard InChI is InChI=1S/C19H29N5O3/c1-13(14-4-2-3-5-14)21-18(26)23-8-6-19(7-9-23)12-24-15(11-27-19)10-16(22-24)17(20)25/h10,13-14H,2-9,11-12H2,1H3,(H2,20,25)(H,21,26)/t13-/m0/s1. The average molecular weight is 375 g/mol. The number of likely N-dealkylation sites (tertiary alicyclic amines) is 1. The third-order valence-electron chi connectivity index (χ3n) is 6.50. The molecule has 1 aromatic rings. The summed E-state index contributed by atoms with van der Waals surface area (Å²) in [5, 5.41) is 7.50. The number of carbonyl (C=O) groups is 2. The molecule has 1 saturated carbocycles. The number of fused-ring (bicyclic) bond motifs is 1. The molecule has 1 spiro atoms. The molecule has 3 aliphatic rings. The van der Waals surface area contributed by atoms with Gasteiger partial charge in [-0.2, -0.15) is 5.10 Å². The summed E-state index contributed by atoms with van der Waals surface area (Å²) in [6, 6.07) is 1.97. The van der Waals surface area contributed by atoms with Gasteiger partial charge in [0, 0.05) is 19.1 Å². The number of hydrogen-bond acceptors (Lipinski definition) is 4. The fourth-order valence-corrected chi connectivity index (χ4v) is 4.66. The third-order valence-corrected chi connectivity index (χ3v) is 6.50. The van der Waals surface area contributed by atoms with Crippen LogP contribution in [0.4, 0.5) is 4.79 Å². The number of nitrogens with zero attached hydrogens (tertiary/aromatic N) is 3. The fourth-order valence-electron chi connectivity index (χ4n) is 4.66. The predicted molar refractivity (Wildman–Crippen MR) is 99.0 cm³/mol. The third kappa shape index (κ3) is 3.67. The molecule has 2 fully saturated rings. The second-order valence-corrected chi connectivity index (χ2v) is 8.28. The maximum absolute atomic E-state index is 12.6. The predicted octanol–water partition coefficient (Wildman–Crippen LogP) is 1.64. The molecule has 8 heteroatoms. The van der Waals surface area contributed by atoms with Crippen molar-refractivity contribution >= 4 is 11.9 Å². The Bertz CT molecular complexity index is 717. The summed E-state index contributed by atoms with van der Waals surface area (Å²) in [5.41, 5.74) is 6.16. The fraction of sp³-hybridized carbons (Fsp3) is 0.737. The van der Waals surface area contributed by atoms with E-state index >= 15 is 0 Å². The van der Waals surface area contributed by atoms with E-state index in [4.69, 9.17) is 10.5 Å². The zero-order valence-corrected chi connectivity index (χ0v) is 15.9. The highest BCUT2D eigenvalue weighted by Crippen LogP contribution is 2.33. The lowest BCUT2D eigenvalue weighted by molar-refractivity contribution is -0.119. The first-order valence-corrected chi connectivity index (χ1v) is 10.0. The van der Waals surface area contributed by atoms with Crippen molar-refractivity contribution in [3.8, 4) is 0 Å². The van der Waals surface area contributed by atoms with Gasteiger partial charge in [0.25, 0.3) is 5.91 Å². The van der Waals surface area contributed by atoms with Gasteiger partial charge in [-0.3, -0.25) is 9.48 Å². The Morgan fingerprint density at radius 3 is 2.70 bits per heavy atom. The maximum Gasteiger partial charge on any atom is 0.317 e. The lowest BCUT2D eigenvalue weighted by Gasteiger charge is -2.44. The van der Waals surface area contributed by atoms with E-state index in [1.807, 2.05) is 9.58 Å². The first-order valence-electron chi connectivity index (χ1n) is 10.0. The van der Waals surface area contributed by atoms with Gasteiger partial charge in [-0.25, -0.2) is 4.79 Å². The Labute approximate surface area is 159 Å². The monoisotopic (exact) mass is 375 g/mol. The highest BCUT2D eigenvalue weighted by Gasteiger charge is 2.41. The summed E-state index contributed by atoms with van der Waals surface area (Å²) in [6.07, 6.45) is 6.53. The zero-order chi connectivity index (χ0) is 19.0. The van der Waals surface area contributed by atoms with Gasteiger partial charge >= 0.3 is 6.03 Å². The van der Waals surface area contributed by atoms with E-state index in [2.05, 4.69) is 17.3 Å². The topological polar surface area (TPSA) is 102 Å². The average Bonchev–Trinajstić information content (AvgIpc) is 3.31. The minimum Gasteiger partial charge on any atom is -0.367 e. The molecule has 27 heavy (non-hydrogen) atoms. The van der Waals surface area contributed by atoms with Gasteiger partial charge in [0.05, 0.1) is 24.4 Å². The van der Waals surface area contributed by atoms with Crippen molar-refractivity contribution in [2.45, 2.75) is 70.2 Å². The molecule has 8 nitrogen and oxygen atoms in total. The first kappa shape index (κ1) is 18.3. The smallest absolute Gasteiger partial charge is 0.317 e. The van der Waals surface area contributed by atoms with E-state index in [9.17, 15) is 9.59 Å². The quantitative estimate of drug-likeness (QED) is 0.838. The molecule has 1 atom stereocenters. The van der Waals surface area contributed by atoms with Crippen molar-refractivity contribution in [1.82, 2.24) is 20.0 Å². The normalized spacial score (nSPS) is 23.2. The molecule has 1 aromatic heterocycles. The number of hydrogen-bond donors (Lipinski definition) is 2. The second kappa shape index (κ2) is 7.14. The van der Waals surface area contributed by atoms with E-state index in [0.717, 1.165) is 18.5 Å². The number of nitrogens with one attached hydrogen (secondary N) is 1. The molecular weight excluding hydrogens is 346 g/mol. The van der Waals surface area contributed by atoms with Crippen LogP contribution in [0.2, 0.25) is 0 Å². The van der Waals surface area contributed by atoms with Crippen LogP contribution in [0, 0.1) is 5.92 Å². The molecule has 1 saturated heterocycles. The summed E-state index contributed by atoms with van der Waals surface area (Å²) in [5.74, 6) is 0.0956. The molecule has 3 N–H and O–H groups in total. The molecule has 0 bridgehead atoms. The highest BCUT2D eigenvalue weighted by molar-refractivity contribution is 5.90. The number of amides is 3. The first-order chi connectivity index (χ1) is 13.0. The Morgan fingerprint density at radius 1 is 1.33 bits per heavy atom. The number of nitrogens with two attached hydrogens (primary N) is 1. The number of urea groups is 1. The maximum atomic E-state index is 12.6. The van der Waals surface area contributed by atoms with Gasteiger partial charge in [-0.1, -0.05) is 12.8 Å². The zero-order valence-electron chi connectivity index (χ0n) is 15.9. The Hall–Kier alpha value is -2.09. The van der Waals surface area contributed by atoms with Crippen molar-refractivity contribution in [3.05, 3.63) is 17.5 Å². The molecule has 0 radical (unpaired) electrons. The van der Waals surface area contributed by atoms with Crippen LogP contribution in [0.25, 0.3) is 0 Å². The van der Waals surface area contributed by atoms with Gasteiger partial charge in [-0.05, 0) is 44.6 Å². The van der Waals surface area contributed by atoms with E-state index in [1.165, 1.54) is 25.7 Å². The van der Waals surface area contributed by atoms with Gasteiger partial charge in [0.2, 0.25) is 0 Å². The Balaban J connectivity index is 1.33. The SMILES string of the molecule is C[C@H](NC(=O)N1CCC2(CC1)Cn1nc(C(N)=O)cc1CO2)C1CCCC1. The highest BCUT2D eigenvalue weighted by atomic mass is 16.5. The van der Waals surface area contributed by atoms with E-state index in [-0.39, 0.29) is 23.4 Å². The summed E-state index contributed by atoms with van der Waals surface area (Å²) < 4.78 is 7.98. The van der Waals surface area contributed by atoms with Crippen LogP contribution in [0.15, 0.2) is 6.07 Å². The molecule has 0 aromatic carbocycles. The van der Waals surface area contributed by atoms with Crippen molar-refractivity contribution in [2.75, 3.05) is 13.1 Å².